The van der Waals surface area contributed by atoms with E-state index in [1.54, 1.807) is 0 Å². The topological polar surface area (TPSA) is 55.6 Å². The first-order valence-corrected chi connectivity index (χ1v) is 4.16. The largest absolute Gasteiger partial charge is 0.318 e. The van der Waals surface area contributed by atoms with Crippen LogP contribution in [0.15, 0.2) is 0 Å². The second kappa shape index (κ2) is 4.15. The van der Waals surface area contributed by atoms with E-state index in [1.807, 2.05) is 11.7 Å². The Hall–Kier alpha value is -0.970. The van der Waals surface area contributed by atoms with Gasteiger partial charge < -0.3 is 5.32 Å². The van der Waals surface area contributed by atoms with Crippen molar-refractivity contribution < 1.29 is 0 Å². The van der Waals surface area contributed by atoms with Gasteiger partial charge in [0.25, 0.3) is 0 Å². The molecule has 0 aliphatic heterocycles. The standard InChI is InChI=1S/C7H15N5/c1-6(2)7-9-10-11-12(7)5-4-8-3/h6,8H,4-5H2,1-3H3. The van der Waals surface area contributed by atoms with Crippen LogP contribution in [0.4, 0.5) is 0 Å². The predicted molar refractivity (Wildman–Crippen MR) is 45.8 cm³/mol. The molecule has 0 unspecified atom stereocenters. The van der Waals surface area contributed by atoms with Crippen molar-refractivity contribution in [2.24, 2.45) is 0 Å². The van der Waals surface area contributed by atoms with Crippen molar-refractivity contribution in [3.8, 4) is 0 Å². The third kappa shape index (κ3) is 2.01. The molecule has 0 saturated heterocycles. The molecule has 0 fully saturated rings. The molecule has 12 heavy (non-hydrogen) atoms. The van der Waals surface area contributed by atoms with E-state index in [0.29, 0.717) is 5.92 Å². The summed E-state index contributed by atoms with van der Waals surface area (Å²) in [5.41, 5.74) is 0. The highest BCUT2D eigenvalue weighted by Gasteiger charge is 2.08. The number of hydrogen-bond acceptors (Lipinski definition) is 4. The molecule has 1 aromatic rings. The molecule has 0 bridgehead atoms. The minimum Gasteiger partial charge on any atom is -0.318 e. The molecule has 0 saturated carbocycles. The molecule has 0 spiro atoms. The third-order valence-electron chi connectivity index (χ3n) is 1.65. The van der Waals surface area contributed by atoms with Gasteiger partial charge in [0.1, 0.15) is 0 Å². The Morgan fingerprint density at radius 2 is 2.25 bits per heavy atom. The Morgan fingerprint density at radius 1 is 1.50 bits per heavy atom. The van der Waals surface area contributed by atoms with E-state index in [9.17, 15) is 0 Å². The summed E-state index contributed by atoms with van der Waals surface area (Å²) in [4.78, 5) is 0. The number of tetrazole rings is 1. The fraction of sp³-hybridized carbons (Fsp3) is 0.857. The van der Waals surface area contributed by atoms with Crippen molar-refractivity contribution in [3.05, 3.63) is 5.82 Å². The van der Waals surface area contributed by atoms with Gasteiger partial charge in [-0.05, 0) is 17.5 Å². The van der Waals surface area contributed by atoms with Crippen LogP contribution in [0, 0.1) is 0 Å². The molecule has 1 rings (SSSR count). The second-order valence-electron chi connectivity index (χ2n) is 3.02. The number of aromatic nitrogens is 4. The number of hydrogen-bond donors (Lipinski definition) is 1. The minimum atomic E-state index is 0.386. The van der Waals surface area contributed by atoms with Gasteiger partial charge in [-0.2, -0.15) is 0 Å². The fourth-order valence-electron chi connectivity index (χ4n) is 1.00. The summed E-state index contributed by atoms with van der Waals surface area (Å²) in [6.45, 7) is 5.89. The van der Waals surface area contributed by atoms with E-state index < -0.39 is 0 Å². The number of rotatable bonds is 4. The summed E-state index contributed by atoms with van der Waals surface area (Å²) < 4.78 is 1.83. The summed E-state index contributed by atoms with van der Waals surface area (Å²) >= 11 is 0. The normalized spacial score (nSPS) is 11.0. The van der Waals surface area contributed by atoms with Crippen LogP contribution in [0.2, 0.25) is 0 Å². The average molecular weight is 169 g/mol. The molecule has 0 radical (unpaired) electrons. The molecular formula is C7H15N5. The monoisotopic (exact) mass is 169 g/mol. The first-order valence-electron chi connectivity index (χ1n) is 4.16. The van der Waals surface area contributed by atoms with E-state index in [2.05, 4.69) is 34.7 Å². The van der Waals surface area contributed by atoms with Crippen LogP contribution < -0.4 is 5.32 Å². The van der Waals surface area contributed by atoms with Crippen LogP contribution in [0.5, 0.6) is 0 Å². The number of nitrogens with zero attached hydrogens (tertiary/aromatic N) is 4. The summed E-state index contributed by atoms with van der Waals surface area (Å²) in [7, 11) is 1.92. The number of nitrogens with one attached hydrogen (secondary N) is 1. The number of likely N-dealkylation sites (N-methyl/N-ethyl adjacent to an activating group) is 1. The maximum atomic E-state index is 3.94. The lowest BCUT2D eigenvalue weighted by molar-refractivity contribution is 0.532. The smallest absolute Gasteiger partial charge is 0.153 e. The SMILES string of the molecule is CNCCn1nnnc1C(C)C. The Balaban J connectivity index is 2.64. The van der Waals surface area contributed by atoms with Gasteiger partial charge in [-0.3, -0.25) is 0 Å². The minimum absolute atomic E-state index is 0.386. The van der Waals surface area contributed by atoms with Crippen LogP contribution in [-0.2, 0) is 6.54 Å². The lowest BCUT2D eigenvalue weighted by Gasteiger charge is -2.05. The van der Waals surface area contributed by atoms with Crippen LogP contribution in [-0.4, -0.2) is 33.8 Å². The van der Waals surface area contributed by atoms with Crippen molar-refractivity contribution in [3.63, 3.8) is 0 Å². The summed E-state index contributed by atoms with van der Waals surface area (Å²) in [6, 6.07) is 0. The Kier molecular flexibility index (Phi) is 3.16. The zero-order valence-electron chi connectivity index (χ0n) is 7.78. The van der Waals surface area contributed by atoms with Crippen molar-refractivity contribution >= 4 is 0 Å². The van der Waals surface area contributed by atoms with Gasteiger partial charge in [-0.1, -0.05) is 13.8 Å². The molecule has 0 atom stereocenters. The average Bonchev–Trinajstić information content (AvgIpc) is 2.48. The first-order chi connectivity index (χ1) is 5.75. The van der Waals surface area contributed by atoms with Crippen molar-refractivity contribution in [2.75, 3.05) is 13.6 Å². The Morgan fingerprint density at radius 3 is 2.83 bits per heavy atom. The van der Waals surface area contributed by atoms with E-state index >= 15 is 0 Å². The summed E-state index contributed by atoms with van der Waals surface area (Å²) in [5.74, 6) is 1.34. The molecular weight excluding hydrogens is 154 g/mol. The van der Waals surface area contributed by atoms with Gasteiger partial charge >= 0.3 is 0 Å². The van der Waals surface area contributed by atoms with Gasteiger partial charge in [0.2, 0.25) is 0 Å². The summed E-state index contributed by atoms with van der Waals surface area (Å²) in [5, 5.41) is 14.5. The highest BCUT2D eigenvalue weighted by atomic mass is 15.5. The lowest BCUT2D eigenvalue weighted by Crippen LogP contribution is -2.18. The van der Waals surface area contributed by atoms with Crippen molar-refractivity contribution in [2.45, 2.75) is 26.3 Å². The predicted octanol–water partition coefficient (Wildman–Crippen LogP) is 0.0159. The molecule has 0 aromatic carbocycles. The summed E-state index contributed by atoms with van der Waals surface area (Å²) in [6.07, 6.45) is 0. The maximum Gasteiger partial charge on any atom is 0.153 e. The Labute approximate surface area is 72.2 Å². The quantitative estimate of drug-likeness (QED) is 0.690. The second-order valence-corrected chi connectivity index (χ2v) is 3.02. The lowest BCUT2D eigenvalue weighted by atomic mass is 10.2. The molecule has 0 aliphatic rings. The molecule has 1 heterocycles. The van der Waals surface area contributed by atoms with E-state index in [-0.39, 0.29) is 0 Å². The van der Waals surface area contributed by atoms with E-state index in [0.717, 1.165) is 18.9 Å². The highest BCUT2D eigenvalue weighted by molar-refractivity contribution is 4.87. The van der Waals surface area contributed by atoms with Crippen LogP contribution in [0.3, 0.4) is 0 Å². The van der Waals surface area contributed by atoms with Crippen molar-refractivity contribution in [1.82, 2.24) is 25.5 Å². The van der Waals surface area contributed by atoms with E-state index in [4.69, 9.17) is 0 Å². The van der Waals surface area contributed by atoms with Gasteiger partial charge in [-0.15, -0.1) is 5.10 Å². The van der Waals surface area contributed by atoms with Gasteiger partial charge in [0.05, 0.1) is 6.54 Å². The fourth-order valence-corrected chi connectivity index (χ4v) is 1.00. The molecule has 5 heteroatoms. The van der Waals surface area contributed by atoms with Crippen LogP contribution in [0.1, 0.15) is 25.6 Å². The Bertz CT molecular complexity index is 229. The zero-order chi connectivity index (χ0) is 8.97. The first kappa shape index (κ1) is 9.12. The van der Waals surface area contributed by atoms with Crippen LogP contribution >= 0.6 is 0 Å². The van der Waals surface area contributed by atoms with E-state index in [1.165, 1.54) is 0 Å². The van der Waals surface area contributed by atoms with Crippen molar-refractivity contribution in [1.29, 1.82) is 0 Å². The van der Waals surface area contributed by atoms with Gasteiger partial charge in [0.15, 0.2) is 5.82 Å². The zero-order valence-corrected chi connectivity index (χ0v) is 7.78. The van der Waals surface area contributed by atoms with Crippen LogP contribution in [0.25, 0.3) is 0 Å². The molecule has 0 amide bonds. The highest BCUT2D eigenvalue weighted by Crippen LogP contribution is 2.07. The molecule has 1 N–H and O–H groups in total. The molecule has 68 valence electrons. The molecule has 5 nitrogen and oxygen atoms in total. The molecule has 0 aliphatic carbocycles. The van der Waals surface area contributed by atoms with Gasteiger partial charge in [-0.25, -0.2) is 4.68 Å². The van der Waals surface area contributed by atoms with Gasteiger partial charge in [0, 0.05) is 12.5 Å². The third-order valence-corrected chi connectivity index (χ3v) is 1.65. The molecule has 1 aromatic heterocycles. The maximum absolute atomic E-state index is 3.94.